The second-order valence-electron chi connectivity index (χ2n) is 4.94. The molecule has 0 aromatic heterocycles. The molecule has 0 atom stereocenters. The van der Waals surface area contributed by atoms with Crippen LogP contribution < -0.4 is 0 Å². The Labute approximate surface area is 118 Å². The molecule has 0 aliphatic carbocycles. The smallest absolute Gasteiger partial charge is 0.307 e. The Kier molecular flexibility index (Phi) is 3.74. The maximum atomic E-state index is 12.6. The molecule has 1 aliphatic heterocycles. The lowest BCUT2D eigenvalue weighted by atomic mass is 10.1. The van der Waals surface area contributed by atoms with Crippen LogP contribution >= 0.6 is 0 Å². The number of amides is 1. The van der Waals surface area contributed by atoms with Gasteiger partial charge in [0.1, 0.15) is 0 Å². The summed E-state index contributed by atoms with van der Waals surface area (Å²) in [6, 6.07) is 7.37. The molecule has 0 radical (unpaired) electrons. The predicted octanol–water partition coefficient (Wildman–Crippen LogP) is 2.76. The van der Waals surface area contributed by atoms with E-state index in [0.29, 0.717) is 29.0 Å². The van der Waals surface area contributed by atoms with E-state index in [1.54, 1.807) is 17.9 Å². The molecule has 4 heteroatoms. The molecule has 4 nitrogen and oxygen atoms in total. The number of carbonyl (C=O) groups excluding carboxylic acids is 1. The number of hydrogen-bond acceptors (Lipinski definition) is 2. The first-order valence-electron chi connectivity index (χ1n) is 6.39. The van der Waals surface area contributed by atoms with Gasteiger partial charge in [-0.2, -0.15) is 0 Å². The number of benzene rings is 1. The fourth-order valence-electron chi connectivity index (χ4n) is 2.41. The zero-order chi connectivity index (χ0) is 14.9. The minimum absolute atomic E-state index is 0.0950. The second kappa shape index (κ2) is 5.33. The first-order valence-corrected chi connectivity index (χ1v) is 6.39. The summed E-state index contributed by atoms with van der Waals surface area (Å²) >= 11 is 0. The molecule has 104 valence electrons. The fourth-order valence-corrected chi connectivity index (χ4v) is 2.41. The van der Waals surface area contributed by atoms with E-state index in [-0.39, 0.29) is 12.3 Å². The van der Waals surface area contributed by atoms with E-state index in [9.17, 15) is 9.59 Å². The topological polar surface area (TPSA) is 57.6 Å². The summed E-state index contributed by atoms with van der Waals surface area (Å²) in [4.78, 5) is 25.0. The molecular formula is C16H17NO3. The van der Waals surface area contributed by atoms with Gasteiger partial charge in [0.2, 0.25) is 0 Å². The van der Waals surface area contributed by atoms with Crippen LogP contribution in [0.2, 0.25) is 0 Å². The van der Waals surface area contributed by atoms with Gasteiger partial charge in [-0.25, -0.2) is 0 Å². The Balaban J connectivity index is 2.33. The second-order valence-corrected chi connectivity index (χ2v) is 4.94. The van der Waals surface area contributed by atoms with Gasteiger partial charge in [0.25, 0.3) is 5.91 Å². The Morgan fingerprint density at radius 2 is 1.95 bits per heavy atom. The molecule has 1 amide bonds. The molecule has 2 rings (SSSR count). The number of rotatable bonds is 3. The van der Waals surface area contributed by atoms with Crippen LogP contribution in [0.4, 0.5) is 0 Å². The quantitative estimate of drug-likeness (QED) is 0.919. The predicted molar refractivity (Wildman–Crippen MR) is 76.3 cm³/mol. The lowest BCUT2D eigenvalue weighted by Crippen LogP contribution is -2.27. The lowest BCUT2D eigenvalue weighted by Gasteiger charge is -2.19. The average molecular weight is 271 g/mol. The molecule has 0 unspecified atom stereocenters. The van der Waals surface area contributed by atoms with Gasteiger partial charge in [-0.3, -0.25) is 9.59 Å². The van der Waals surface area contributed by atoms with Crippen LogP contribution in [-0.4, -0.2) is 28.4 Å². The zero-order valence-electron chi connectivity index (χ0n) is 11.6. The Morgan fingerprint density at radius 3 is 2.55 bits per heavy atom. The van der Waals surface area contributed by atoms with Crippen LogP contribution in [0.1, 0.15) is 29.3 Å². The summed E-state index contributed by atoms with van der Waals surface area (Å²) in [6.45, 7) is 7.89. The molecule has 0 saturated heterocycles. The van der Waals surface area contributed by atoms with Crippen LogP contribution in [0.25, 0.3) is 0 Å². The molecule has 1 aromatic carbocycles. The van der Waals surface area contributed by atoms with Crippen molar-refractivity contribution in [2.45, 2.75) is 20.3 Å². The van der Waals surface area contributed by atoms with Crippen molar-refractivity contribution in [1.82, 2.24) is 4.90 Å². The summed E-state index contributed by atoms with van der Waals surface area (Å²) in [5.74, 6) is -1.02. The zero-order valence-corrected chi connectivity index (χ0v) is 11.6. The van der Waals surface area contributed by atoms with Gasteiger partial charge in [0.05, 0.1) is 13.0 Å². The average Bonchev–Trinajstić information content (AvgIpc) is 2.66. The van der Waals surface area contributed by atoms with E-state index in [4.69, 9.17) is 5.11 Å². The van der Waals surface area contributed by atoms with Crippen molar-refractivity contribution in [3.8, 4) is 0 Å². The molecule has 1 aliphatic rings. The standard InChI is InChI=1S/C16H17NO3/c1-10-6-4-5-7-13(10)16(20)17-9-11(2)14(12(17)3)8-15(18)19/h4-7H,2,8-9H2,1,3H3,(H,18,19). The van der Waals surface area contributed by atoms with Crippen LogP contribution in [0.15, 0.2) is 47.7 Å². The molecule has 0 spiro atoms. The third kappa shape index (κ3) is 2.50. The van der Waals surface area contributed by atoms with Crippen molar-refractivity contribution in [3.63, 3.8) is 0 Å². The van der Waals surface area contributed by atoms with Gasteiger partial charge in [-0.1, -0.05) is 24.8 Å². The summed E-state index contributed by atoms with van der Waals surface area (Å²) in [6.07, 6.45) is -0.0950. The van der Waals surface area contributed by atoms with Gasteiger partial charge in [-0.05, 0) is 36.6 Å². The van der Waals surface area contributed by atoms with Crippen LogP contribution in [0.3, 0.4) is 0 Å². The molecular weight excluding hydrogens is 254 g/mol. The fraction of sp³-hybridized carbons (Fsp3) is 0.250. The number of hydrogen-bond donors (Lipinski definition) is 1. The summed E-state index contributed by atoms with van der Waals surface area (Å²) in [5.41, 5.74) is 3.58. The van der Waals surface area contributed by atoms with Crippen molar-refractivity contribution in [2.24, 2.45) is 0 Å². The first kappa shape index (κ1) is 14.1. The number of carboxylic acid groups (broad SMARTS) is 1. The Hall–Kier alpha value is -2.36. The van der Waals surface area contributed by atoms with Crippen molar-refractivity contribution < 1.29 is 14.7 Å². The highest BCUT2D eigenvalue weighted by Crippen LogP contribution is 2.30. The molecule has 0 fully saturated rings. The number of carbonyl (C=O) groups is 2. The highest BCUT2D eigenvalue weighted by Gasteiger charge is 2.29. The summed E-state index contributed by atoms with van der Waals surface area (Å²) < 4.78 is 0. The summed E-state index contributed by atoms with van der Waals surface area (Å²) in [5, 5.41) is 8.92. The molecule has 1 N–H and O–H groups in total. The highest BCUT2D eigenvalue weighted by atomic mass is 16.4. The van der Waals surface area contributed by atoms with Crippen molar-refractivity contribution in [2.75, 3.05) is 6.54 Å². The van der Waals surface area contributed by atoms with E-state index in [1.165, 1.54) is 0 Å². The molecule has 0 bridgehead atoms. The van der Waals surface area contributed by atoms with Crippen LogP contribution in [0, 0.1) is 6.92 Å². The van der Waals surface area contributed by atoms with Gasteiger partial charge in [0.15, 0.2) is 0 Å². The molecule has 1 heterocycles. The maximum absolute atomic E-state index is 12.6. The lowest BCUT2D eigenvalue weighted by molar-refractivity contribution is -0.136. The summed E-state index contributed by atoms with van der Waals surface area (Å²) in [7, 11) is 0. The number of nitrogens with zero attached hydrogens (tertiary/aromatic N) is 1. The minimum Gasteiger partial charge on any atom is -0.481 e. The Bertz CT molecular complexity index is 628. The Morgan fingerprint density at radius 1 is 1.30 bits per heavy atom. The third-order valence-electron chi connectivity index (χ3n) is 3.57. The van der Waals surface area contributed by atoms with Crippen molar-refractivity contribution >= 4 is 11.9 Å². The molecule has 1 aromatic rings. The van der Waals surface area contributed by atoms with E-state index in [2.05, 4.69) is 6.58 Å². The normalized spacial score (nSPS) is 14.9. The first-order chi connectivity index (χ1) is 9.41. The SMILES string of the molecule is C=C1CN(C(=O)c2ccccc2C)C(C)=C1CC(=O)O. The van der Waals surface area contributed by atoms with Crippen LogP contribution in [-0.2, 0) is 4.79 Å². The molecule has 20 heavy (non-hydrogen) atoms. The van der Waals surface area contributed by atoms with Gasteiger partial charge < -0.3 is 10.0 Å². The van der Waals surface area contributed by atoms with Crippen molar-refractivity contribution in [3.05, 3.63) is 58.8 Å². The van der Waals surface area contributed by atoms with E-state index >= 15 is 0 Å². The molecule has 0 saturated carbocycles. The third-order valence-corrected chi connectivity index (χ3v) is 3.57. The van der Waals surface area contributed by atoms with Gasteiger partial charge in [0, 0.05) is 11.3 Å². The van der Waals surface area contributed by atoms with Gasteiger partial charge >= 0.3 is 5.97 Å². The van der Waals surface area contributed by atoms with E-state index in [0.717, 1.165) is 5.56 Å². The van der Waals surface area contributed by atoms with E-state index in [1.807, 2.05) is 25.1 Å². The highest BCUT2D eigenvalue weighted by molar-refractivity contribution is 5.97. The number of carboxylic acids is 1. The number of aliphatic carboxylic acids is 1. The maximum Gasteiger partial charge on any atom is 0.307 e. The van der Waals surface area contributed by atoms with Crippen molar-refractivity contribution in [1.29, 1.82) is 0 Å². The number of allylic oxidation sites excluding steroid dienone is 1. The van der Waals surface area contributed by atoms with E-state index < -0.39 is 5.97 Å². The monoisotopic (exact) mass is 271 g/mol. The number of aryl methyl sites for hydroxylation is 1. The van der Waals surface area contributed by atoms with Crippen LogP contribution in [0.5, 0.6) is 0 Å². The largest absolute Gasteiger partial charge is 0.481 e. The minimum atomic E-state index is -0.911. The van der Waals surface area contributed by atoms with Gasteiger partial charge in [-0.15, -0.1) is 0 Å².